The van der Waals surface area contributed by atoms with Crippen LogP contribution in [0.1, 0.15) is 23.2 Å². The Morgan fingerprint density at radius 3 is 2.92 bits per heavy atom. The van der Waals surface area contributed by atoms with E-state index in [2.05, 4.69) is 9.97 Å². The second-order valence-corrected chi connectivity index (χ2v) is 6.46. The van der Waals surface area contributed by atoms with Gasteiger partial charge < -0.3 is 19.3 Å². The highest BCUT2D eigenvalue weighted by atomic mass is 16.5. The molecule has 1 fully saturated rings. The van der Waals surface area contributed by atoms with Crippen molar-refractivity contribution in [3.63, 3.8) is 0 Å². The molecule has 1 aliphatic heterocycles. The standard InChI is InChI=1S/C19H24N4O3/c1-22(2)15-7-4-6-14(12-15)18(24)23-11-5-8-16(13-23)26-17-9-10-20-19(21-17)25-3/h4,6-7,9-10,12,16H,5,8,11,13H2,1-3H3. The van der Waals surface area contributed by atoms with Crippen LogP contribution in [0.4, 0.5) is 5.69 Å². The van der Waals surface area contributed by atoms with E-state index in [-0.39, 0.29) is 18.0 Å². The zero-order valence-corrected chi connectivity index (χ0v) is 15.4. The third-order valence-corrected chi connectivity index (χ3v) is 4.35. The normalized spacial score (nSPS) is 16.9. The molecule has 1 unspecified atom stereocenters. The molecule has 1 amide bonds. The lowest BCUT2D eigenvalue weighted by atomic mass is 10.1. The van der Waals surface area contributed by atoms with Crippen molar-refractivity contribution in [2.45, 2.75) is 18.9 Å². The summed E-state index contributed by atoms with van der Waals surface area (Å²) >= 11 is 0. The number of benzene rings is 1. The Hall–Kier alpha value is -2.83. The predicted octanol–water partition coefficient (Wildman–Crippen LogP) is 2.23. The maximum atomic E-state index is 12.9. The minimum Gasteiger partial charge on any atom is -0.472 e. The van der Waals surface area contributed by atoms with Gasteiger partial charge in [-0.2, -0.15) is 4.98 Å². The Morgan fingerprint density at radius 2 is 2.15 bits per heavy atom. The predicted molar refractivity (Wildman–Crippen MR) is 98.9 cm³/mol. The van der Waals surface area contributed by atoms with Crippen LogP contribution in [0.15, 0.2) is 36.5 Å². The third kappa shape index (κ3) is 4.22. The van der Waals surface area contributed by atoms with Crippen LogP contribution in [0.25, 0.3) is 0 Å². The summed E-state index contributed by atoms with van der Waals surface area (Å²) in [5, 5.41) is 0. The molecule has 1 aliphatic rings. The van der Waals surface area contributed by atoms with E-state index >= 15 is 0 Å². The minimum absolute atomic E-state index is 0.0299. The summed E-state index contributed by atoms with van der Waals surface area (Å²) in [6.45, 7) is 1.27. The van der Waals surface area contributed by atoms with Gasteiger partial charge in [0.1, 0.15) is 6.10 Å². The highest BCUT2D eigenvalue weighted by molar-refractivity contribution is 5.95. The summed E-state index contributed by atoms with van der Waals surface area (Å²) in [5.74, 6) is 0.494. The average molecular weight is 356 g/mol. The number of methoxy groups -OCH3 is 1. The SMILES string of the molecule is COc1nccc(OC2CCCN(C(=O)c3cccc(N(C)C)c3)C2)n1. The Bertz CT molecular complexity index is 766. The molecule has 1 atom stereocenters. The van der Waals surface area contributed by atoms with Crippen molar-refractivity contribution in [3.05, 3.63) is 42.1 Å². The molecule has 0 bridgehead atoms. The number of piperidine rings is 1. The second kappa shape index (κ2) is 8.03. The van der Waals surface area contributed by atoms with Gasteiger partial charge in [-0.05, 0) is 31.0 Å². The summed E-state index contributed by atoms with van der Waals surface area (Å²) in [5.41, 5.74) is 1.70. The number of amides is 1. The van der Waals surface area contributed by atoms with E-state index < -0.39 is 0 Å². The maximum Gasteiger partial charge on any atom is 0.319 e. The van der Waals surface area contributed by atoms with Gasteiger partial charge in [0.25, 0.3) is 5.91 Å². The van der Waals surface area contributed by atoms with Crippen molar-refractivity contribution in [2.24, 2.45) is 0 Å². The van der Waals surface area contributed by atoms with E-state index in [9.17, 15) is 4.79 Å². The quantitative estimate of drug-likeness (QED) is 0.818. The maximum absolute atomic E-state index is 12.9. The minimum atomic E-state index is -0.0932. The lowest BCUT2D eigenvalue weighted by Crippen LogP contribution is -2.44. The van der Waals surface area contributed by atoms with Gasteiger partial charge >= 0.3 is 6.01 Å². The number of hydrogen-bond acceptors (Lipinski definition) is 6. The van der Waals surface area contributed by atoms with Crippen LogP contribution in [0.3, 0.4) is 0 Å². The van der Waals surface area contributed by atoms with Gasteiger partial charge in [0, 0.05) is 44.2 Å². The first-order valence-electron chi connectivity index (χ1n) is 8.67. The molecule has 1 aromatic heterocycles. The number of aromatic nitrogens is 2. The van der Waals surface area contributed by atoms with E-state index in [0.29, 0.717) is 18.0 Å². The van der Waals surface area contributed by atoms with Crippen molar-refractivity contribution in [2.75, 3.05) is 39.2 Å². The van der Waals surface area contributed by atoms with Crippen molar-refractivity contribution < 1.29 is 14.3 Å². The molecule has 7 heteroatoms. The number of rotatable bonds is 5. The smallest absolute Gasteiger partial charge is 0.319 e. The molecule has 0 saturated carbocycles. The molecule has 2 aromatic rings. The number of anilines is 1. The highest BCUT2D eigenvalue weighted by Crippen LogP contribution is 2.21. The van der Waals surface area contributed by atoms with Crippen LogP contribution in [0.2, 0.25) is 0 Å². The molecule has 3 rings (SSSR count). The van der Waals surface area contributed by atoms with E-state index in [1.807, 2.05) is 48.2 Å². The molecule has 1 saturated heterocycles. The number of nitrogens with zero attached hydrogens (tertiary/aromatic N) is 4. The van der Waals surface area contributed by atoms with Crippen LogP contribution < -0.4 is 14.4 Å². The molecular weight excluding hydrogens is 332 g/mol. The molecular formula is C19H24N4O3. The number of likely N-dealkylation sites (tertiary alicyclic amines) is 1. The van der Waals surface area contributed by atoms with Crippen molar-refractivity contribution in [3.8, 4) is 11.9 Å². The van der Waals surface area contributed by atoms with Gasteiger partial charge in [0.2, 0.25) is 5.88 Å². The first-order valence-corrected chi connectivity index (χ1v) is 8.67. The van der Waals surface area contributed by atoms with Crippen LogP contribution >= 0.6 is 0 Å². The molecule has 0 aliphatic carbocycles. The topological polar surface area (TPSA) is 67.8 Å². The molecule has 0 radical (unpaired) electrons. The Balaban J connectivity index is 1.67. The Labute approximate surface area is 153 Å². The monoisotopic (exact) mass is 356 g/mol. The lowest BCUT2D eigenvalue weighted by molar-refractivity contribution is 0.0526. The molecule has 1 aromatic carbocycles. The van der Waals surface area contributed by atoms with E-state index in [4.69, 9.17) is 9.47 Å². The molecule has 0 N–H and O–H groups in total. The van der Waals surface area contributed by atoms with Crippen LogP contribution in [-0.2, 0) is 0 Å². The molecule has 138 valence electrons. The van der Waals surface area contributed by atoms with Crippen molar-refractivity contribution in [1.82, 2.24) is 14.9 Å². The largest absolute Gasteiger partial charge is 0.472 e. The van der Waals surface area contributed by atoms with E-state index in [1.165, 1.54) is 7.11 Å². The van der Waals surface area contributed by atoms with Gasteiger partial charge in [-0.15, -0.1) is 0 Å². The third-order valence-electron chi connectivity index (χ3n) is 4.35. The molecule has 7 nitrogen and oxygen atoms in total. The fourth-order valence-electron chi connectivity index (χ4n) is 2.98. The van der Waals surface area contributed by atoms with Gasteiger partial charge in [0.15, 0.2) is 0 Å². The Morgan fingerprint density at radius 1 is 1.31 bits per heavy atom. The highest BCUT2D eigenvalue weighted by Gasteiger charge is 2.26. The molecule has 0 spiro atoms. The summed E-state index contributed by atoms with van der Waals surface area (Å²) in [4.78, 5) is 24.9. The van der Waals surface area contributed by atoms with Crippen LogP contribution in [0, 0.1) is 0 Å². The molecule has 26 heavy (non-hydrogen) atoms. The summed E-state index contributed by atoms with van der Waals surface area (Å²) in [6, 6.07) is 9.64. The number of carbonyl (C=O) groups excluding carboxylic acids is 1. The van der Waals surface area contributed by atoms with Gasteiger partial charge in [-0.1, -0.05) is 6.07 Å². The van der Waals surface area contributed by atoms with Gasteiger partial charge in [-0.3, -0.25) is 4.79 Å². The lowest BCUT2D eigenvalue weighted by Gasteiger charge is -2.32. The Kier molecular flexibility index (Phi) is 5.55. The summed E-state index contributed by atoms with van der Waals surface area (Å²) in [7, 11) is 5.44. The zero-order valence-electron chi connectivity index (χ0n) is 15.4. The van der Waals surface area contributed by atoms with Crippen LogP contribution in [0.5, 0.6) is 11.9 Å². The van der Waals surface area contributed by atoms with E-state index in [0.717, 1.165) is 25.1 Å². The summed E-state index contributed by atoms with van der Waals surface area (Å²) < 4.78 is 11.0. The molecule has 2 heterocycles. The average Bonchev–Trinajstić information content (AvgIpc) is 2.68. The number of carbonyl (C=O) groups is 1. The van der Waals surface area contributed by atoms with Gasteiger partial charge in [-0.25, -0.2) is 4.98 Å². The fourth-order valence-corrected chi connectivity index (χ4v) is 2.98. The van der Waals surface area contributed by atoms with Crippen molar-refractivity contribution in [1.29, 1.82) is 0 Å². The first kappa shape index (κ1) is 18.0. The zero-order chi connectivity index (χ0) is 18.5. The number of hydrogen-bond donors (Lipinski definition) is 0. The fraction of sp³-hybridized carbons (Fsp3) is 0.421. The van der Waals surface area contributed by atoms with Crippen LogP contribution in [-0.4, -0.2) is 61.2 Å². The second-order valence-electron chi connectivity index (χ2n) is 6.46. The van der Waals surface area contributed by atoms with Crippen molar-refractivity contribution >= 4 is 11.6 Å². The first-order chi connectivity index (χ1) is 12.6. The number of ether oxygens (including phenoxy) is 2. The summed E-state index contributed by atoms with van der Waals surface area (Å²) in [6.07, 6.45) is 3.28. The van der Waals surface area contributed by atoms with Gasteiger partial charge in [0.05, 0.1) is 13.7 Å². The van der Waals surface area contributed by atoms with E-state index in [1.54, 1.807) is 12.3 Å².